The van der Waals surface area contributed by atoms with Crippen molar-refractivity contribution in [1.29, 1.82) is 0 Å². The molecule has 6 nitrogen and oxygen atoms in total. The summed E-state index contributed by atoms with van der Waals surface area (Å²) < 4.78 is 6.94. The van der Waals surface area contributed by atoms with E-state index in [0.29, 0.717) is 19.7 Å². The van der Waals surface area contributed by atoms with Crippen LogP contribution in [0, 0.1) is 0 Å². The molecule has 0 aliphatic carbocycles. The fraction of sp³-hybridized carbons (Fsp3) is 0.400. The molecule has 3 rings (SSSR count). The third-order valence-corrected chi connectivity index (χ3v) is 2.96. The lowest BCUT2D eigenvalue weighted by molar-refractivity contribution is 0.00855. The molecule has 1 unspecified atom stereocenters. The van der Waals surface area contributed by atoms with Crippen LogP contribution in [-0.2, 0) is 11.3 Å². The van der Waals surface area contributed by atoms with E-state index in [4.69, 9.17) is 4.74 Å². The van der Waals surface area contributed by atoms with E-state index in [0.717, 1.165) is 0 Å². The van der Waals surface area contributed by atoms with Crippen LogP contribution in [0.5, 0.6) is 5.75 Å². The van der Waals surface area contributed by atoms with Crippen molar-refractivity contribution in [2.24, 2.45) is 0 Å². The summed E-state index contributed by atoms with van der Waals surface area (Å²) >= 11 is 0. The Labute approximate surface area is 90.7 Å². The van der Waals surface area contributed by atoms with Crippen molar-refractivity contribution in [3.8, 4) is 5.75 Å². The Bertz CT molecular complexity index is 522. The van der Waals surface area contributed by atoms with Crippen molar-refractivity contribution in [3.63, 3.8) is 0 Å². The second kappa shape index (κ2) is 3.08. The molecule has 1 N–H and O–H groups in total. The molecule has 1 atom stereocenters. The van der Waals surface area contributed by atoms with Gasteiger partial charge in [-0.05, 0) is 0 Å². The zero-order chi connectivity index (χ0) is 11.3. The zero-order valence-electron chi connectivity index (χ0n) is 8.42. The van der Waals surface area contributed by atoms with Gasteiger partial charge >= 0.3 is 0 Å². The summed E-state index contributed by atoms with van der Waals surface area (Å²) in [6.45, 7) is 1.46. The second-order valence-corrected chi connectivity index (χ2v) is 3.85. The Hall–Kier alpha value is -1.82. The van der Waals surface area contributed by atoms with Gasteiger partial charge in [-0.2, -0.15) is 0 Å². The van der Waals surface area contributed by atoms with Crippen molar-refractivity contribution in [1.82, 2.24) is 9.47 Å². The van der Waals surface area contributed by atoms with Crippen LogP contribution in [0.3, 0.4) is 0 Å². The van der Waals surface area contributed by atoms with Gasteiger partial charge in [0.15, 0.2) is 17.7 Å². The number of carbonyl (C=O) groups is 1. The van der Waals surface area contributed by atoms with Crippen LogP contribution >= 0.6 is 0 Å². The lowest BCUT2D eigenvalue weighted by Crippen LogP contribution is -2.45. The molecular weight excluding hydrogens is 212 g/mol. The molecule has 0 spiro atoms. The number of amides is 1. The third kappa shape index (κ3) is 1.10. The van der Waals surface area contributed by atoms with Crippen molar-refractivity contribution in [2.45, 2.75) is 12.8 Å². The van der Waals surface area contributed by atoms with E-state index in [1.54, 1.807) is 4.57 Å². The summed E-state index contributed by atoms with van der Waals surface area (Å²) in [6.07, 6.45) is 1.23. The molecule has 1 aromatic heterocycles. The molecule has 1 aromatic rings. The molecule has 84 valence electrons. The minimum Gasteiger partial charge on any atom is -0.503 e. The number of rotatable bonds is 0. The van der Waals surface area contributed by atoms with E-state index in [9.17, 15) is 14.7 Å². The van der Waals surface area contributed by atoms with Gasteiger partial charge in [0.25, 0.3) is 5.91 Å². The van der Waals surface area contributed by atoms with E-state index < -0.39 is 11.2 Å². The van der Waals surface area contributed by atoms with Crippen molar-refractivity contribution in [3.05, 3.63) is 28.2 Å². The summed E-state index contributed by atoms with van der Waals surface area (Å²) in [4.78, 5) is 24.8. The predicted molar refractivity (Wildman–Crippen MR) is 53.1 cm³/mol. The molecule has 1 fully saturated rings. The molecule has 1 saturated heterocycles. The number of fused-ring (bicyclic) bond motifs is 2. The van der Waals surface area contributed by atoms with Gasteiger partial charge in [-0.1, -0.05) is 0 Å². The highest BCUT2D eigenvalue weighted by molar-refractivity contribution is 5.96. The number of carbonyl (C=O) groups excluding carboxylic acids is 1. The van der Waals surface area contributed by atoms with Gasteiger partial charge in [0.2, 0.25) is 5.43 Å². The first-order chi connectivity index (χ1) is 7.68. The lowest BCUT2D eigenvalue weighted by atomic mass is 10.2. The molecule has 6 heteroatoms. The van der Waals surface area contributed by atoms with Crippen LogP contribution in [0.15, 0.2) is 17.1 Å². The molecule has 0 saturated carbocycles. The quantitative estimate of drug-likeness (QED) is 0.634. The molecule has 0 aromatic carbocycles. The van der Waals surface area contributed by atoms with Gasteiger partial charge in [0.1, 0.15) is 0 Å². The van der Waals surface area contributed by atoms with Crippen LogP contribution in [0.4, 0.5) is 0 Å². The van der Waals surface area contributed by atoms with E-state index in [1.165, 1.54) is 17.2 Å². The fourth-order valence-corrected chi connectivity index (χ4v) is 2.15. The van der Waals surface area contributed by atoms with Crippen molar-refractivity contribution < 1.29 is 14.6 Å². The Kier molecular flexibility index (Phi) is 1.81. The molecule has 1 amide bonds. The van der Waals surface area contributed by atoms with Gasteiger partial charge in [-0.15, -0.1) is 0 Å². The van der Waals surface area contributed by atoms with Gasteiger partial charge < -0.3 is 19.3 Å². The minimum absolute atomic E-state index is 0.0641. The van der Waals surface area contributed by atoms with Crippen LogP contribution in [0.2, 0.25) is 0 Å². The van der Waals surface area contributed by atoms with E-state index in [1.807, 2.05) is 0 Å². The summed E-state index contributed by atoms with van der Waals surface area (Å²) in [5.74, 6) is -0.818. The maximum absolute atomic E-state index is 12.0. The molecule has 2 aliphatic rings. The second-order valence-electron chi connectivity index (χ2n) is 3.85. The van der Waals surface area contributed by atoms with Crippen molar-refractivity contribution >= 4 is 5.91 Å². The lowest BCUT2D eigenvalue weighted by Gasteiger charge is -2.31. The number of nitrogens with zero attached hydrogens (tertiary/aromatic N) is 2. The Morgan fingerprint density at radius 1 is 1.44 bits per heavy atom. The first kappa shape index (κ1) is 9.41. The monoisotopic (exact) mass is 222 g/mol. The maximum atomic E-state index is 12.0. The Balaban J connectivity index is 2.19. The minimum atomic E-state index is -0.529. The average molecular weight is 222 g/mol. The van der Waals surface area contributed by atoms with Gasteiger partial charge in [0.05, 0.1) is 13.2 Å². The standard InChI is InChI=1S/C10H10N2O4/c13-6-1-2-11-5-7-12(3-4-16-7)10(15)8(11)9(6)14/h1-2,7,14H,3-5H2. The van der Waals surface area contributed by atoms with Gasteiger partial charge in [-0.3, -0.25) is 9.59 Å². The topological polar surface area (TPSA) is 71.8 Å². The molecular formula is C10H10N2O4. The predicted octanol–water partition coefficient (Wildman–Crippen LogP) is -0.634. The van der Waals surface area contributed by atoms with Crippen LogP contribution in [0.1, 0.15) is 10.5 Å². The maximum Gasteiger partial charge on any atom is 0.276 e. The first-order valence-electron chi connectivity index (χ1n) is 5.03. The van der Waals surface area contributed by atoms with Gasteiger partial charge in [-0.25, -0.2) is 0 Å². The van der Waals surface area contributed by atoms with Crippen molar-refractivity contribution in [2.75, 3.05) is 13.2 Å². The number of aromatic nitrogens is 1. The number of ether oxygens (including phenoxy) is 1. The third-order valence-electron chi connectivity index (χ3n) is 2.96. The number of aromatic hydroxyl groups is 1. The van der Waals surface area contributed by atoms with E-state index in [2.05, 4.69) is 0 Å². The molecule has 2 aliphatic heterocycles. The SMILES string of the molecule is O=C1c2c(O)c(=O)ccn2CC2OCCN12. The summed E-state index contributed by atoms with van der Waals surface area (Å²) in [7, 11) is 0. The normalized spacial score (nSPS) is 23.1. The van der Waals surface area contributed by atoms with Crippen LogP contribution in [-0.4, -0.2) is 39.9 Å². The summed E-state index contributed by atoms with van der Waals surface area (Å²) in [6, 6.07) is 1.25. The highest BCUT2D eigenvalue weighted by Crippen LogP contribution is 2.25. The molecule has 3 heterocycles. The fourth-order valence-electron chi connectivity index (χ4n) is 2.15. The zero-order valence-corrected chi connectivity index (χ0v) is 8.42. The highest BCUT2D eigenvalue weighted by Gasteiger charge is 2.38. The smallest absolute Gasteiger partial charge is 0.276 e. The summed E-state index contributed by atoms with van der Waals surface area (Å²) in [5, 5.41) is 9.61. The summed E-state index contributed by atoms with van der Waals surface area (Å²) in [5.41, 5.74) is -0.465. The Morgan fingerprint density at radius 2 is 2.25 bits per heavy atom. The van der Waals surface area contributed by atoms with Crippen LogP contribution < -0.4 is 5.43 Å². The number of hydrogen-bond acceptors (Lipinski definition) is 4. The highest BCUT2D eigenvalue weighted by atomic mass is 16.5. The number of pyridine rings is 1. The van der Waals surface area contributed by atoms with Crippen LogP contribution in [0.25, 0.3) is 0 Å². The molecule has 0 radical (unpaired) electrons. The molecule has 0 bridgehead atoms. The van der Waals surface area contributed by atoms with E-state index in [-0.39, 0.29) is 17.8 Å². The molecule has 16 heavy (non-hydrogen) atoms. The van der Waals surface area contributed by atoms with Gasteiger partial charge in [0, 0.05) is 18.8 Å². The first-order valence-corrected chi connectivity index (χ1v) is 5.03. The number of hydrogen-bond donors (Lipinski definition) is 1. The largest absolute Gasteiger partial charge is 0.503 e. The average Bonchev–Trinajstić information content (AvgIpc) is 2.72. The van der Waals surface area contributed by atoms with E-state index >= 15 is 0 Å². The Morgan fingerprint density at radius 3 is 3.06 bits per heavy atom.